The molecule has 0 fully saturated rings. The molecule has 0 radical (unpaired) electrons. The average Bonchev–Trinajstić information content (AvgIpc) is 2.58. The predicted octanol–water partition coefficient (Wildman–Crippen LogP) is 2.95. The van der Waals surface area contributed by atoms with Gasteiger partial charge in [-0.15, -0.1) is 0 Å². The van der Waals surface area contributed by atoms with Crippen molar-refractivity contribution in [2.75, 3.05) is 0 Å². The Bertz CT molecular complexity index is 681. The van der Waals surface area contributed by atoms with Crippen LogP contribution in [0.5, 0.6) is 0 Å². The first-order chi connectivity index (χ1) is 12.5. The van der Waals surface area contributed by atoms with E-state index in [1.54, 1.807) is 0 Å². The Morgan fingerprint density at radius 1 is 0.630 bits per heavy atom. The highest BCUT2D eigenvalue weighted by molar-refractivity contribution is 5.92. The molecule has 4 atom stereocenters. The van der Waals surface area contributed by atoms with E-state index in [4.69, 9.17) is 4.74 Å². The molecular weight excluding hydrogens is 352 g/mol. The van der Waals surface area contributed by atoms with Crippen LogP contribution < -0.4 is 0 Å². The maximum absolute atomic E-state index is 12.6. The standard InChI is InChI=1S/C20H26O7/c1-9-5-13(17(21)22)15(7-11(9)3)19(25)27-20(26)16-8-12(4)10(2)6-14(16)18(23)24/h13-16H,5-8H2,1-4H3,(H,21,22)(H,23,24)/t13-,14+,15+,16-. The maximum atomic E-state index is 12.6. The minimum absolute atomic E-state index is 0.222. The van der Waals surface area contributed by atoms with Crippen LogP contribution in [0.15, 0.2) is 22.3 Å². The second-order valence-corrected chi connectivity index (χ2v) is 7.78. The normalized spacial score (nSPS) is 28.7. The van der Waals surface area contributed by atoms with Gasteiger partial charge in [0.05, 0.1) is 23.7 Å². The van der Waals surface area contributed by atoms with E-state index >= 15 is 0 Å². The van der Waals surface area contributed by atoms with Crippen molar-refractivity contribution in [2.24, 2.45) is 23.7 Å². The molecule has 0 aromatic rings. The number of aliphatic carboxylic acids is 2. The highest BCUT2D eigenvalue weighted by atomic mass is 16.6. The number of carboxylic acid groups (broad SMARTS) is 2. The summed E-state index contributed by atoms with van der Waals surface area (Å²) in [5.74, 6) is -7.75. The van der Waals surface area contributed by atoms with E-state index in [9.17, 15) is 29.4 Å². The molecule has 2 aliphatic rings. The van der Waals surface area contributed by atoms with Gasteiger partial charge in [-0.25, -0.2) is 0 Å². The number of hydrogen-bond acceptors (Lipinski definition) is 5. The Hall–Kier alpha value is -2.44. The van der Waals surface area contributed by atoms with Crippen LogP contribution in [-0.4, -0.2) is 34.1 Å². The first kappa shape index (κ1) is 20.9. The molecule has 0 aromatic heterocycles. The fourth-order valence-corrected chi connectivity index (χ4v) is 3.85. The van der Waals surface area contributed by atoms with E-state index in [-0.39, 0.29) is 25.7 Å². The quantitative estimate of drug-likeness (QED) is 0.438. The van der Waals surface area contributed by atoms with Crippen LogP contribution in [0, 0.1) is 23.7 Å². The topological polar surface area (TPSA) is 118 Å². The summed E-state index contributed by atoms with van der Waals surface area (Å²) in [6.07, 6.45) is 0.911. The molecule has 0 unspecified atom stereocenters. The van der Waals surface area contributed by atoms with Crippen molar-refractivity contribution in [2.45, 2.75) is 53.4 Å². The molecule has 2 N–H and O–H groups in total. The lowest BCUT2D eigenvalue weighted by Crippen LogP contribution is -2.39. The minimum Gasteiger partial charge on any atom is -0.481 e. The Morgan fingerprint density at radius 3 is 1.15 bits per heavy atom. The van der Waals surface area contributed by atoms with E-state index in [2.05, 4.69) is 0 Å². The zero-order valence-electron chi connectivity index (χ0n) is 16.1. The summed E-state index contributed by atoms with van der Waals surface area (Å²) in [6.45, 7) is 7.31. The van der Waals surface area contributed by atoms with Crippen molar-refractivity contribution in [1.82, 2.24) is 0 Å². The summed E-state index contributed by atoms with van der Waals surface area (Å²) in [6, 6.07) is 0. The zero-order valence-corrected chi connectivity index (χ0v) is 16.1. The van der Waals surface area contributed by atoms with Gasteiger partial charge in [0.15, 0.2) is 0 Å². The largest absolute Gasteiger partial charge is 0.481 e. The third kappa shape index (κ3) is 4.46. The second-order valence-electron chi connectivity index (χ2n) is 7.78. The van der Waals surface area contributed by atoms with Gasteiger partial charge < -0.3 is 14.9 Å². The van der Waals surface area contributed by atoms with Gasteiger partial charge in [-0.05, 0) is 53.4 Å². The molecule has 148 valence electrons. The molecule has 27 heavy (non-hydrogen) atoms. The smallest absolute Gasteiger partial charge is 0.317 e. The zero-order chi connectivity index (χ0) is 20.5. The number of rotatable bonds is 4. The molecule has 2 rings (SSSR count). The van der Waals surface area contributed by atoms with E-state index in [1.807, 2.05) is 27.7 Å². The molecule has 0 bridgehead atoms. The fraction of sp³-hybridized carbons (Fsp3) is 0.600. The fourth-order valence-electron chi connectivity index (χ4n) is 3.85. The third-order valence-electron chi connectivity index (χ3n) is 5.97. The molecule has 7 nitrogen and oxygen atoms in total. The van der Waals surface area contributed by atoms with Gasteiger partial charge in [0.2, 0.25) is 0 Å². The summed E-state index contributed by atoms with van der Waals surface area (Å²) >= 11 is 0. The second kappa shape index (κ2) is 8.06. The van der Waals surface area contributed by atoms with E-state index < -0.39 is 47.5 Å². The van der Waals surface area contributed by atoms with Crippen LogP contribution >= 0.6 is 0 Å². The van der Waals surface area contributed by atoms with Gasteiger partial charge in [-0.2, -0.15) is 0 Å². The Balaban J connectivity index is 2.17. The van der Waals surface area contributed by atoms with Gasteiger partial charge in [-0.3, -0.25) is 19.2 Å². The van der Waals surface area contributed by atoms with Crippen molar-refractivity contribution in [1.29, 1.82) is 0 Å². The lowest BCUT2D eigenvalue weighted by molar-refractivity contribution is -0.172. The van der Waals surface area contributed by atoms with Crippen molar-refractivity contribution < 1.29 is 34.1 Å². The molecule has 0 saturated carbocycles. The third-order valence-corrected chi connectivity index (χ3v) is 5.97. The van der Waals surface area contributed by atoms with Gasteiger partial charge >= 0.3 is 23.9 Å². The minimum atomic E-state index is -1.10. The summed E-state index contributed by atoms with van der Waals surface area (Å²) in [7, 11) is 0. The first-order valence-corrected chi connectivity index (χ1v) is 9.04. The van der Waals surface area contributed by atoms with E-state index in [1.165, 1.54) is 0 Å². The summed E-state index contributed by atoms with van der Waals surface area (Å²) in [4.78, 5) is 48.2. The number of carboxylic acids is 2. The average molecular weight is 378 g/mol. The molecule has 2 aliphatic carbocycles. The number of allylic oxidation sites excluding steroid dienone is 4. The molecule has 0 heterocycles. The maximum Gasteiger partial charge on any atom is 0.317 e. The molecule has 0 spiro atoms. The number of carbonyl (C=O) groups excluding carboxylic acids is 2. The van der Waals surface area contributed by atoms with Crippen LogP contribution in [0.3, 0.4) is 0 Å². The van der Waals surface area contributed by atoms with Crippen molar-refractivity contribution in [3.05, 3.63) is 22.3 Å². The first-order valence-electron chi connectivity index (χ1n) is 9.04. The van der Waals surface area contributed by atoms with Gasteiger partial charge in [0, 0.05) is 0 Å². The van der Waals surface area contributed by atoms with Crippen molar-refractivity contribution in [3.63, 3.8) is 0 Å². The summed E-state index contributed by atoms with van der Waals surface area (Å²) < 4.78 is 5.01. The Morgan fingerprint density at radius 2 is 0.889 bits per heavy atom. The predicted molar refractivity (Wildman–Crippen MR) is 95.5 cm³/mol. The molecule has 7 heteroatoms. The highest BCUT2D eigenvalue weighted by Crippen LogP contribution is 2.37. The van der Waals surface area contributed by atoms with Crippen molar-refractivity contribution >= 4 is 23.9 Å². The lowest BCUT2D eigenvalue weighted by Gasteiger charge is -2.31. The van der Waals surface area contributed by atoms with E-state index in [0.29, 0.717) is 0 Å². The van der Waals surface area contributed by atoms with Crippen molar-refractivity contribution in [3.8, 4) is 0 Å². The highest BCUT2D eigenvalue weighted by Gasteiger charge is 2.43. The van der Waals surface area contributed by atoms with E-state index in [0.717, 1.165) is 22.3 Å². The van der Waals surface area contributed by atoms with Crippen LogP contribution in [0.1, 0.15) is 53.4 Å². The lowest BCUT2D eigenvalue weighted by atomic mass is 9.76. The summed E-state index contributed by atoms with van der Waals surface area (Å²) in [5, 5.41) is 18.8. The molecule has 0 amide bonds. The van der Waals surface area contributed by atoms with Gasteiger partial charge in [0.25, 0.3) is 0 Å². The number of esters is 2. The number of carbonyl (C=O) groups is 4. The molecular formula is C20H26O7. The Labute approximate surface area is 158 Å². The summed E-state index contributed by atoms with van der Waals surface area (Å²) in [5.41, 5.74) is 3.68. The van der Waals surface area contributed by atoms with Crippen LogP contribution in [0.2, 0.25) is 0 Å². The SMILES string of the molecule is CC1=C(C)C[C@@H](C(=O)O)[C@@H](C(=O)OC(=O)[C@@H]2CC(C)=C(C)C[C@@H]2C(=O)O)C1. The molecule has 0 aromatic carbocycles. The van der Waals surface area contributed by atoms with Crippen LogP contribution in [-0.2, 0) is 23.9 Å². The monoisotopic (exact) mass is 378 g/mol. The number of ether oxygens (including phenoxy) is 1. The number of hydrogen-bond donors (Lipinski definition) is 2. The molecule has 0 saturated heterocycles. The van der Waals surface area contributed by atoms with Crippen LogP contribution in [0.4, 0.5) is 0 Å². The van der Waals surface area contributed by atoms with Gasteiger partial charge in [-0.1, -0.05) is 22.3 Å². The Kier molecular flexibility index (Phi) is 6.23. The van der Waals surface area contributed by atoms with Gasteiger partial charge in [0.1, 0.15) is 0 Å². The van der Waals surface area contributed by atoms with Crippen LogP contribution in [0.25, 0.3) is 0 Å². The molecule has 0 aliphatic heterocycles.